The molecule has 4 rings (SSSR count). The zero-order valence-corrected chi connectivity index (χ0v) is 16.6. The molecule has 1 aromatic carbocycles. The number of carbonyl (C=O) groups excluding carboxylic acids is 1. The summed E-state index contributed by atoms with van der Waals surface area (Å²) in [5, 5.41) is 13.6. The average molecular weight is 411 g/mol. The van der Waals surface area contributed by atoms with Crippen molar-refractivity contribution >= 4 is 23.1 Å². The number of thiophene rings is 1. The summed E-state index contributed by atoms with van der Waals surface area (Å²) < 4.78 is 18.9. The summed E-state index contributed by atoms with van der Waals surface area (Å²) in [6.45, 7) is 3.72. The van der Waals surface area contributed by atoms with Crippen molar-refractivity contribution in [2.45, 2.75) is 26.7 Å². The Morgan fingerprint density at radius 3 is 2.86 bits per heavy atom. The SMILES string of the molecule is Cc1ccc(-c2cc(NC(=O)CCc3nc(-c4ccc(C)c(F)c4)no3)n[nH]2)s1. The fraction of sp³-hybridized carbons (Fsp3) is 0.200. The van der Waals surface area contributed by atoms with Gasteiger partial charge >= 0.3 is 0 Å². The Morgan fingerprint density at radius 2 is 2.10 bits per heavy atom. The molecule has 2 N–H and O–H groups in total. The molecule has 3 aromatic heterocycles. The molecule has 3 heterocycles. The minimum absolute atomic E-state index is 0.157. The van der Waals surface area contributed by atoms with Gasteiger partial charge in [0.2, 0.25) is 17.6 Å². The molecule has 0 saturated heterocycles. The number of hydrogen-bond donors (Lipinski definition) is 2. The summed E-state index contributed by atoms with van der Waals surface area (Å²) in [7, 11) is 0. The Labute approximate surface area is 170 Å². The first-order valence-electron chi connectivity index (χ1n) is 8.99. The summed E-state index contributed by atoms with van der Waals surface area (Å²) in [5.41, 5.74) is 1.93. The Kier molecular flexibility index (Phi) is 5.22. The first-order valence-corrected chi connectivity index (χ1v) is 9.81. The molecule has 0 radical (unpaired) electrons. The lowest BCUT2D eigenvalue weighted by Crippen LogP contribution is -2.12. The smallest absolute Gasteiger partial charge is 0.227 e. The highest BCUT2D eigenvalue weighted by atomic mass is 32.1. The fourth-order valence-corrected chi connectivity index (χ4v) is 3.56. The molecule has 0 spiro atoms. The number of aryl methyl sites for hydroxylation is 3. The van der Waals surface area contributed by atoms with Crippen molar-refractivity contribution in [3.05, 3.63) is 58.5 Å². The number of hydrogen-bond acceptors (Lipinski definition) is 6. The molecular formula is C20H18FN5O2S. The van der Waals surface area contributed by atoms with Gasteiger partial charge in [0.25, 0.3) is 0 Å². The fourth-order valence-electron chi connectivity index (χ4n) is 2.72. The molecule has 0 atom stereocenters. The number of aromatic nitrogens is 4. The van der Waals surface area contributed by atoms with Crippen molar-refractivity contribution in [2.75, 3.05) is 5.32 Å². The number of H-pyrrole nitrogens is 1. The molecule has 0 aliphatic carbocycles. The van der Waals surface area contributed by atoms with Crippen LogP contribution in [0.3, 0.4) is 0 Å². The van der Waals surface area contributed by atoms with Crippen LogP contribution in [-0.2, 0) is 11.2 Å². The molecule has 9 heteroatoms. The van der Waals surface area contributed by atoms with Gasteiger partial charge in [-0.2, -0.15) is 10.1 Å². The van der Waals surface area contributed by atoms with Crippen LogP contribution in [-0.4, -0.2) is 26.2 Å². The van der Waals surface area contributed by atoms with E-state index in [1.807, 2.05) is 19.1 Å². The van der Waals surface area contributed by atoms with E-state index >= 15 is 0 Å². The van der Waals surface area contributed by atoms with E-state index < -0.39 is 0 Å². The number of rotatable bonds is 6. The van der Waals surface area contributed by atoms with Crippen LogP contribution in [0.1, 0.15) is 22.8 Å². The number of aromatic amines is 1. The highest BCUT2D eigenvalue weighted by molar-refractivity contribution is 7.15. The first-order chi connectivity index (χ1) is 14.0. The van der Waals surface area contributed by atoms with Crippen molar-refractivity contribution in [3.8, 4) is 22.0 Å². The highest BCUT2D eigenvalue weighted by Crippen LogP contribution is 2.27. The van der Waals surface area contributed by atoms with Gasteiger partial charge in [-0.3, -0.25) is 9.89 Å². The lowest BCUT2D eigenvalue weighted by atomic mass is 10.1. The van der Waals surface area contributed by atoms with E-state index in [2.05, 4.69) is 25.7 Å². The third kappa shape index (κ3) is 4.40. The maximum atomic E-state index is 13.7. The van der Waals surface area contributed by atoms with Gasteiger partial charge in [0.05, 0.1) is 10.6 Å². The number of nitrogens with one attached hydrogen (secondary N) is 2. The second-order valence-corrected chi connectivity index (χ2v) is 7.89. The predicted octanol–water partition coefficient (Wildman–Crippen LogP) is 4.52. The molecule has 148 valence electrons. The first kappa shape index (κ1) is 19.0. The number of amides is 1. The van der Waals surface area contributed by atoms with Gasteiger partial charge in [-0.1, -0.05) is 17.3 Å². The van der Waals surface area contributed by atoms with E-state index in [0.717, 1.165) is 10.6 Å². The summed E-state index contributed by atoms with van der Waals surface area (Å²) in [6, 6.07) is 10.6. The van der Waals surface area contributed by atoms with Crippen molar-refractivity contribution < 1.29 is 13.7 Å². The van der Waals surface area contributed by atoms with Crippen molar-refractivity contribution in [1.82, 2.24) is 20.3 Å². The second-order valence-electron chi connectivity index (χ2n) is 6.60. The van der Waals surface area contributed by atoms with Gasteiger partial charge in [0.15, 0.2) is 5.82 Å². The largest absolute Gasteiger partial charge is 0.339 e. The molecule has 0 aliphatic heterocycles. The Morgan fingerprint density at radius 1 is 1.24 bits per heavy atom. The van der Waals surface area contributed by atoms with Crippen molar-refractivity contribution in [3.63, 3.8) is 0 Å². The normalized spacial score (nSPS) is 11.0. The average Bonchev–Trinajstić information content (AvgIpc) is 3.43. The Bertz CT molecular complexity index is 1160. The van der Waals surface area contributed by atoms with E-state index in [1.54, 1.807) is 36.5 Å². The third-order valence-corrected chi connectivity index (χ3v) is 5.35. The Hall–Kier alpha value is -3.33. The molecule has 0 aliphatic rings. The van der Waals surface area contributed by atoms with Crippen LogP contribution in [0.5, 0.6) is 0 Å². The van der Waals surface area contributed by atoms with Gasteiger partial charge in [-0.05, 0) is 37.6 Å². The van der Waals surface area contributed by atoms with Crippen LogP contribution in [0.2, 0.25) is 0 Å². The maximum absolute atomic E-state index is 13.7. The second kappa shape index (κ2) is 7.96. The molecule has 1 amide bonds. The lowest BCUT2D eigenvalue weighted by molar-refractivity contribution is -0.116. The molecule has 4 aromatic rings. The van der Waals surface area contributed by atoms with Crippen molar-refractivity contribution in [1.29, 1.82) is 0 Å². The molecule has 0 unspecified atom stereocenters. The highest BCUT2D eigenvalue weighted by Gasteiger charge is 2.13. The molecule has 0 saturated carbocycles. The quantitative estimate of drug-likeness (QED) is 0.486. The van der Waals surface area contributed by atoms with Gasteiger partial charge in [-0.25, -0.2) is 4.39 Å². The van der Waals surface area contributed by atoms with Gasteiger partial charge in [-0.15, -0.1) is 11.3 Å². The van der Waals surface area contributed by atoms with Crippen LogP contribution < -0.4 is 5.32 Å². The number of benzene rings is 1. The Balaban J connectivity index is 1.34. The molecule has 0 bridgehead atoms. The minimum Gasteiger partial charge on any atom is -0.339 e. The molecule has 0 fully saturated rings. The van der Waals surface area contributed by atoms with E-state index in [0.29, 0.717) is 28.7 Å². The summed E-state index contributed by atoms with van der Waals surface area (Å²) >= 11 is 1.65. The van der Waals surface area contributed by atoms with E-state index in [1.165, 1.54) is 10.9 Å². The zero-order valence-electron chi connectivity index (χ0n) is 15.8. The maximum Gasteiger partial charge on any atom is 0.227 e. The van der Waals surface area contributed by atoms with Gasteiger partial charge in [0, 0.05) is 29.3 Å². The van der Waals surface area contributed by atoms with E-state index in [4.69, 9.17) is 4.52 Å². The summed E-state index contributed by atoms with van der Waals surface area (Å²) in [5.74, 6) is 0.517. The van der Waals surface area contributed by atoms with Crippen LogP contribution in [0, 0.1) is 19.7 Å². The van der Waals surface area contributed by atoms with Crippen LogP contribution in [0.4, 0.5) is 10.2 Å². The molecule has 29 heavy (non-hydrogen) atoms. The summed E-state index contributed by atoms with van der Waals surface area (Å²) in [4.78, 5) is 18.7. The van der Waals surface area contributed by atoms with E-state index in [9.17, 15) is 9.18 Å². The lowest BCUT2D eigenvalue weighted by Gasteiger charge is -1.99. The monoisotopic (exact) mass is 411 g/mol. The summed E-state index contributed by atoms with van der Waals surface area (Å²) in [6.07, 6.45) is 0.429. The predicted molar refractivity (Wildman–Crippen MR) is 108 cm³/mol. The molecule has 7 nitrogen and oxygen atoms in total. The number of anilines is 1. The molecular weight excluding hydrogens is 393 g/mol. The minimum atomic E-state index is -0.329. The standard InChI is InChI=1S/C20H18FN5O2S/c1-11-3-5-13(9-14(11)21)20-23-19(28-26-20)8-7-18(27)22-17-10-15(24-25-17)16-6-4-12(2)29-16/h3-6,9-10H,7-8H2,1-2H3,(H2,22,24,25,27). The van der Waals surface area contributed by atoms with Gasteiger partial charge < -0.3 is 9.84 Å². The van der Waals surface area contributed by atoms with E-state index in [-0.39, 0.29) is 24.6 Å². The zero-order chi connectivity index (χ0) is 20.4. The van der Waals surface area contributed by atoms with Crippen molar-refractivity contribution in [2.24, 2.45) is 0 Å². The van der Waals surface area contributed by atoms with Gasteiger partial charge in [0.1, 0.15) is 5.82 Å². The van der Waals surface area contributed by atoms with Crippen LogP contribution in [0.25, 0.3) is 22.0 Å². The number of carbonyl (C=O) groups is 1. The number of nitrogens with zero attached hydrogens (tertiary/aromatic N) is 3. The topological polar surface area (TPSA) is 96.7 Å². The van der Waals surface area contributed by atoms with Crippen LogP contribution in [0.15, 0.2) is 40.9 Å². The van der Waals surface area contributed by atoms with Crippen LogP contribution >= 0.6 is 11.3 Å². The number of halogens is 1. The third-order valence-electron chi connectivity index (χ3n) is 4.32.